The molecule has 0 bridgehead atoms. The van der Waals surface area contributed by atoms with Gasteiger partial charge in [-0.25, -0.2) is 9.37 Å². The van der Waals surface area contributed by atoms with Crippen LogP contribution in [0.15, 0.2) is 53.6 Å². The maximum absolute atomic E-state index is 12.9. The number of pyridine rings is 1. The van der Waals surface area contributed by atoms with Crippen LogP contribution in [0.5, 0.6) is 5.75 Å². The number of hydrogen-bond donors (Lipinski definition) is 2. The highest BCUT2D eigenvalue weighted by Crippen LogP contribution is 2.18. The molecule has 8 heteroatoms. The lowest BCUT2D eigenvalue weighted by atomic mass is 10.2. The molecule has 2 aromatic heterocycles. The van der Waals surface area contributed by atoms with E-state index >= 15 is 0 Å². The number of hydrogen-bond acceptors (Lipinski definition) is 5. The number of benzene rings is 1. The maximum atomic E-state index is 12.9. The highest BCUT2D eigenvalue weighted by Gasteiger charge is 2.20. The molecule has 0 radical (unpaired) electrons. The van der Waals surface area contributed by atoms with Crippen molar-refractivity contribution in [3.05, 3.63) is 76.2 Å². The fraction of sp³-hybridized carbons (Fsp3) is 0.111. The molecule has 0 aliphatic carbocycles. The molecule has 0 aliphatic heterocycles. The molecule has 132 valence electrons. The molecule has 0 fully saturated rings. The molecule has 0 atom stereocenters. The molecule has 0 aliphatic rings. The van der Waals surface area contributed by atoms with E-state index in [4.69, 9.17) is 0 Å². The van der Waals surface area contributed by atoms with E-state index < -0.39 is 17.2 Å². The summed E-state index contributed by atoms with van der Waals surface area (Å²) in [6, 6.07) is 8.95. The third-order valence-electron chi connectivity index (χ3n) is 3.77. The van der Waals surface area contributed by atoms with Crippen LogP contribution in [0.1, 0.15) is 16.1 Å². The Hall–Kier alpha value is -3.55. The van der Waals surface area contributed by atoms with Crippen molar-refractivity contribution >= 4 is 5.91 Å². The Morgan fingerprint density at radius 3 is 2.65 bits per heavy atom. The standard InChI is InChI=1S/C18H15FN4O3/c1-23-16(12-3-2-8-20-10-12)22-14(15(24)18(23)26)17(25)21-9-11-4-6-13(19)7-5-11/h2-8,10,24H,9H2,1H3,(H,21,25). The Kier molecular flexibility index (Phi) is 4.74. The average molecular weight is 354 g/mol. The van der Waals surface area contributed by atoms with Crippen molar-refractivity contribution in [2.24, 2.45) is 7.05 Å². The van der Waals surface area contributed by atoms with E-state index in [1.54, 1.807) is 18.3 Å². The van der Waals surface area contributed by atoms with Gasteiger partial charge >= 0.3 is 0 Å². The number of nitrogens with zero attached hydrogens (tertiary/aromatic N) is 3. The van der Waals surface area contributed by atoms with Crippen LogP contribution in [-0.2, 0) is 13.6 Å². The smallest absolute Gasteiger partial charge is 0.296 e. The minimum Gasteiger partial charge on any atom is -0.501 e. The monoisotopic (exact) mass is 354 g/mol. The molecule has 7 nitrogen and oxygen atoms in total. The molecule has 2 N–H and O–H groups in total. The highest BCUT2D eigenvalue weighted by atomic mass is 19.1. The third kappa shape index (κ3) is 3.44. The number of carbonyl (C=O) groups is 1. The molecular formula is C18H15FN4O3. The molecule has 2 heterocycles. The number of aromatic nitrogens is 3. The van der Waals surface area contributed by atoms with Gasteiger partial charge in [0, 0.05) is 31.5 Å². The highest BCUT2D eigenvalue weighted by molar-refractivity contribution is 5.95. The number of carbonyl (C=O) groups excluding carboxylic acids is 1. The van der Waals surface area contributed by atoms with Crippen LogP contribution in [0.4, 0.5) is 4.39 Å². The summed E-state index contributed by atoms with van der Waals surface area (Å²) < 4.78 is 14.1. The van der Waals surface area contributed by atoms with Crippen molar-refractivity contribution in [3.63, 3.8) is 0 Å². The van der Waals surface area contributed by atoms with Crippen LogP contribution in [0.3, 0.4) is 0 Å². The zero-order chi connectivity index (χ0) is 18.7. The molecule has 1 amide bonds. The van der Waals surface area contributed by atoms with Gasteiger partial charge in [0.2, 0.25) is 5.75 Å². The summed E-state index contributed by atoms with van der Waals surface area (Å²) in [5.41, 5.74) is 0.0649. The summed E-state index contributed by atoms with van der Waals surface area (Å²) >= 11 is 0. The van der Waals surface area contributed by atoms with Gasteiger partial charge in [-0.05, 0) is 29.8 Å². The van der Waals surface area contributed by atoms with E-state index in [2.05, 4.69) is 15.3 Å². The van der Waals surface area contributed by atoms with Gasteiger partial charge in [0.1, 0.15) is 11.6 Å². The number of amides is 1. The summed E-state index contributed by atoms with van der Waals surface area (Å²) in [5.74, 6) is -1.63. The van der Waals surface area contributed by atoms with E-state index in [-0.39, 0.29) is 23.9 Å². The molecular weight excluding hydrogens is 339 g/mol. The Morgan fingerprint density at radius 2 is 2.00 bits per heavy atom. The number of rotatable bonds is 4. The lowest BCUT2D eigenvalue weighted by Gasteiger charge is -2.11. The van der Waals surface area contributed by atoms with Gasteiger partial charge in [0.05, 0.1) is 0 Å². The molecule has 3 aromatic rings. The van der Waals surface area contributed by atoms with Crippen LogP contribution < -0.4 is 10.9 Å². The quantitative estimate of drug-likeness (QED) is 0.742. The number of halogens is 1. The number of nitrogens with one attached hydrogen (secondary N) is 1. The first kappa shape index (κ1) is 17.3. The van der Waals surface area contributed by atoms with Gasteiger partial charge in [-0.3, -0.25) is 19.1 Å². The van der Waals surface area contributed by atoms with Crippen LogP contribution in [0.2, 0.25) is 0 Å². The Labute approximate surface area is 147 Å². The Balaban J connectivity index is 1.91. The average Bonchev–Trinajstić information content (AvgIpc) is 2.66. The van der Waals surface area contributed by atoms with E-state index in [9.17, 15) is 19.1 Å². The van der Waals surface area contributed by atoms with E-state index in [0.29, 0.717) is 11.1 Å². The fourth-order valence-corrected chi connectivity index (χ4v) is 2.37. The molecule has 0 spiro atoms. The van der Waals surface area contributed by atoms with Crippen LogP contribution in [-0.4, -0.2) is 25.5 Å². The summed E-state index contributed by atoms with van der Waals surface area (Å²) in [6.45, 7) is 0.0949. The van der Waals surface area contributed by atoms with Crippen LogP contribution in [0, 0.1) is 5.82 Å². The Bertz CT molecular complexity index is 1000. The molecule has 0 saturated heterocycles. The minimum absolute atomic E-state index is 0.0949. The largest absolute Gasteiger partial charge is 0.501 e. The van der Waals surface area contributed by atoms with Gasteiger partial charge < -0.3 is 10.4 Å². The minimum atomic E-state index is -0.745. The second-order valence-corrected chi connectivity index (χ2v) is 5.55. The van der Waals surface area contributed by atoms with Crippen molar-refractivity contribution in [1.29, 1.82) is 0 Å². The van der Waals surface area contributed by atoms with Crippen molar-refractivity contribution in [2.75, 3.05) is 0 Å². The van der Waals surface area contributed by atoms with Gasteiger partial charge in [-0.15, -0.1) is 0 Å². The fourth-order valence-electron chi connectivity index (χ4n) is 2.37. The Morgan fingerprint density at radius 1 is 1.27 bits per heavy atom. The second-order valence-electron chi connectivity index (χ2n) is 5.55. The van der Waals surface area contributed by atoms with Crippen molar-refractivity contribution < 1.29 is 14.3 Å². The van der Waals surface area contributed by atoms with Crippen LogP contribution in [0.25, 0.3) is 11.4 Å². The van der Waals surface area contributed by atoms with E-state index in [1.165, 1.54) is 37.5 Å². The predicted octanol–water partition coefficient (Wildman–Crippen LogP) is 1.62. The van der Waals surface area contributed by atoms with Gasteiger partial charge in [-0.1, -0.05) is 12.1 Å². The summed E-state index contributed by atoms with van der Waals surface area (Å²) in [7, 11) is 1.44. The van der Waals surface area contributed by atoms with E-state index in [1.807, 2.05) is 0 Å². The van der Waals surface area contributed by atoms with Gasteiger partial charge in [-0.2, -0.15) is 0 Å². The van der Waals surface area contributed by atoms with Crippen molar-refractivity contribution in [2.45, 2.75) is 6.54 Å². The molecule has 1 aromatic carbocycles. The molecule has 26 heavy (non-hydrogen) atoms. The first-order valence-corrected chi connectivity index (χ1v) is 7.70. The second kappa shape index (κ2) is 7.14. The lowest BCUT2D eigenvalue weighted by molar-refractivity contribution is 0.0942. The third-order valence-corrected chi connectivity index (χ3v) is 3.77. The van der Waals surface area contributed by atoms with Gasteiger partial charge in [0.15, 0.2) is 5.69 Å². The SMILES string of the molecule is Cn1c(-c2cccnc2)nc(C(=O)NCc2ccc(F)cc2)c(O)c1=O. The van der Waals surface area contributed by atoms with Crippen LogP contribution >= 0.6 is 0 Å². The van der Waals surface area contributed by atoms with Gasteiger partial charge in [0.25, 0.3) is 11.5 Å². The predicted molar refractivity (Wildman–Crippen MR) is 91.9 cm³/mol. The molecule has 3 rings (SSSR count). The first-order valence-electron chi connectivity index (χ1n) is 7.70. The summed E-state index contributed by atoms with van der Waals surface area (Å²) in [4.78, 5) is 32.7. The molecule has 0 unspecified atom stereocenters. The normalized spacial score (nSPS) is 10.5. The maximum Gasteiger partial charge on any atom is 0.296 e. The zero-order valence-electron chi connectivity index (χ0n) is 13.8. The van der Waals surface area contributed by atoms with Crippen molar-refractivity contribution in [3.8, 4) is 17.1 Å². The topological polar surface area (TPSA) is 97.1 Å². The van der Waals surface area contributed by atoms with Crippen molar-refractivity contribution in [1.82, 2.24) is 19.9 Å². The summed E-state index contributed by atoms with van der Waals surface area (Å²) in [5, 5.41) is 12.6. The molecule has 0 saturated carbocycles. The van der Waals surface area contributed by atoms with E-state index in [0.717, 1.165) is 4.57 Å². The number of aromatic hydroxyl groups is 1. The zero-order valence-corrected chi connectivity index (χ0v) is 13.8. The summed E-state index contributed by atoms with van der Waals surface area (Å²) in [6.07, 6.45) is 3.07. The lowest BCUT2D eigenvalue weighted by Crippen LogP contribution is -2.29. The first-order chi connectivity index (χ1) is 12.5.